The second kappa shape index (κ2) is 6.14. The summed E-state index contributed by atoms with van der Waals surface area (Å²) in [7, 11) is 1.72. The first kappa shape index (κ1) is 14.7. The van der Waals surface area contributed by atoms with Crippen molar-refractivity contribution in [1.82, 2.24) is 5.32 Å². The molecular formula is C17H19F2N. The van der Waals surface area contributed by atoms with Crippen molar-refractivity contribution in [1.29, 1.82) is 0 Å². The molecule has 0 fully saturated rings. The van der Waals surface area contributed by atoms with Crippen molar-refractivity contribution in [3.63, 3.8) is 0 Å². The van der Waals surface area contributed by atoms with Crippen LogP contribution in [0.4, 0.5) is 8.78 Å². The van der Waals surface area contributed by atoms with Gasteiger partial charge in [-0.15, -0.1) is 0 Å². The summed E-state index contributed by atoms with van der Waals surface area (Å²) in [5, 5.41) is 3.01. The Kier molecular flexibility index (Phi) is 4.50. The van der Waals surface area contributed by atoms with Gasteiger partial charge in [-0.25, -0.2) is 8.78 Å². The minimum atomic E-state index is -0.500. The lowest BCUT2D eigenvalue weighted by atomic mass is 9.96. The Balaban J connectivity index is 2.33. The Labute approximate surface area is 118 Å². The summed E-state index contributed by atoms with van der Waals surface area (Å²) in [4.78, 5) is 0. The van der Waals surface area contributed by atoms with Crippen LogP contribution in [0.25, 0.3) is 0 Å². The largest absolute Gasteiger partial charge is 0.313 e. The van der Waals surface area contributed by atoms with Crippen LogP contribution in [0, 0.1) is 25.5 Å². The van der Waals surface area contributed by atoms with E-state index in [1.165, 1.54) is 17.7 Å². The van der Waals surface area contributed by atoms with E-state index in [0.717, 1.165) is 5.56 Å². The van der Waals surface area contributed by atoms with E-state index in [0.29, 0.717) is 12.0 Å². The van der Waals surface area contributed by atoms with Crippen molar-refractivity contribution in [2.24, 2.45) is 0 Å². The maximum absolute atomic E-state index is 14.2. The lowest BCUT2D eigenvalue weighted by Crippen LogP contribution is -2.22. The predicted molar refractivity (Wildman–Crippen MR) is 77.8 cm³/mol. The highest BCUT2D eigenvalue weighted by Crippen LogP contribution is 2.26. The van der Waals surface area contributed by atoms with Gasteiger partial charge in [0.25, 0.3) is 0 Å². The van der Waals surface area contributed by atoms with Gasteiger partial charge < -0.3 is 5.32 Å². The zero-order chi connectivity index (χ0) is 14.7. The molecule has 0 aromatic heterocycles. The molecule has 0 radical (unpaired) electrons. The van der Waals surface area contributed by atoms with E-state index in [1.54, 1.807) is 14.0 Å². The van der Waals surface area contributed by atoms with Gasteiger partial charge in [0, 0.05) is 11.6 Å². The maximum atomic E-state index is 14.2. The minimum absolute atomic E-state index is 0.119. The van der Waals surface area contributed by atoms with Crippen molar-refractivity contribution < 1.29 is 8.78 Å². The van der Waals surface area contributed by atoms with Crippen LogP contribution in [0.3, 0.4) is 0 Å². The molecule has 3 heteroatoms. The topological polar surface area (TPSA) is 12.0 Å². The van der Waals surface area contributed by atoms with E-state index < -0.39 is 11.6 Å². The number of halogens is 2. The molecular weight excluding hydrogens is 256 g/mol. The number of nitrogens with one attached hydrogen (secondary N) is 1. The predicted octanol–water partition coefficient (Wildman–Crippen LogP) is 4.08. The van der Waals surface area contributed by atoms with Crippen LogP contribution in [0.1, 0.15) is 28.3 Å². The molecule has 2 rings (SSSR count). The monoisotopic (exact) mass is 275 g/mol. The molecule has 1 unspecified atom stereocenters. The fourth-order valence-electron chi connectivity index (χ4n) is 2.31. The van der Waals surface area contributed by atoms with E-state index in [1.807, 2.05) is 31.2 Å². The molecule has 0 aliphatic rings. The van der Waals surface area contributed by atoms with Gasteiger partial charge in [-0.2, -0.15) is 0 Å². The quantitative estimate of drug-likeness (QED) is 0.886. The molecule has 1 atom stereocenters. The van der Waals surface area contributed by atoms with E-state index >= 15 is 0 Å². The first-order valence-electron chi connectivity index (χ1n) is 6.70. The van der Waals surface area contributed by atoms with Crippen LogP contribution < -0.4 is 5.32 Å². The molecule has 1 nitrogen and oxygen atoms in total. The van der Waals surface area contributed by atoms with Gasteiger partial charge in [0.1, 0.15) is 11.6 Å². The van der Waals surface area contributed by atoms with E-state index in [4.69, 9.17) is 0 Å². The Bertz CT molecular complexity index is 591. The second-order valence-electron chi connectivity index (χ2n) is 5.12. The van der Waals surface area contributed by atoms with E-state index in [9.17, 15) is 8.78 Å². The lowest BCUT2D eigenvalue weighted by molar-refractivity contribution is 0.486. The minimum Gasteiger partial charge on any atom is -0.313 e. The summed E-state index contributed by atoms with van der Waals surface area (Å²) in [6, 6.07) is 10.4. The number of hydrogen-bond acceptors (Lipinski definition) is 1. The molecule has 1 N–H and O–H groups in total. The summed E-state index contributed by atoms with van der Waals surface area (Å²) in [5.74, 6) is -0.962. The summed E-state index contributed by atoms with van der Waals surface area (Å²) >= 11 is 0. The van der Waals surface area contributed by atoms with Crippen molar-refractivity contribution in [3.8, 4) is 0 Å². The molecule has 0 aliphatic carbocycles. The number of hydrogen-bond donors (Lipinski definition) is 1. The Morgan fingerprint density at radius 3 is 2.25 bits per heavy atom. The molecule has 0 saturated heterocycles. The number of aryl methyl sites for hydroxylation is 2. The normalized spacial score (nSPS) is 12.4. The van der Waals surface area contributed by atoms with Crippen LogP contribution in [0.2, 0.25) is 0 Å². The van der Waals surface area contributed by atoms with Gasteiger partial charge >= 0.3 is 0 Å². The van der Waals surface area contributed by atoms with Crippen molar-refractivity contribution in [3.05, 3.63) is 70.3 Å². The molecule has 0 aliphatic heterocycles. The van der Waals surface area contributed by atoms with Crippen LogP contribution in [0.15, 0.2) is 36.4 Å². The van der Waals surface area contributed by atoms with Gasteiger partial charge in [0.15, 0.2) is 0 Å². The fourth-order valence-corrected chi connectivity index (χ4v) is 2.31. The second-order valence-corrected chi connectivity index (χ2v) is 5.12. The molecule has 0 amide bonds. The van der Waals surface area contributed by atoms with Crippen LogP contribution in [-0.4, -0.2) is 7.05 Å². The number of rotatable bonds is 4. The summed E-state index contributed by atoms with van der Waals surface area (Å²) < 4.78 is 28.1. The third-order valence-corrected chi connectivity index (χ3v) is 3.58. The molecule has 106 valence electrons. The van der Waals surface area contributed by atoms with Crippen LogP contribution in [0.5, 0.6) is 0 Å². The highest BCUT2D eigenvalue weighted by molar-refractivity contribution is 5.31. The van der Waals surface area contributed by atoms with Crippen molar-refractivity contribution in [2.75, 3.05) is 7.05 Å². The summed E-state index contributed by atoms with van der Waals surface area (Å²) in [6.45, 7) is 3.66. The van der Waals surface area contributed by atoms with Crippen molar-refractivity contribution in [2.45, 2.75) is 26.3 Å². The van der Waals surface area contributed by atoms with Gasteiger partial charge in [-0.05, 0) is 44.5 Å². The molecule has 0 saturated carbocycles. The molecule has 2 aromatic carbocycles. The van der Waals surface area contributed by atoms with Crippen LogP contribution in [-0.2, 0) is 6.42 Å². The summed E-state index contributed by atoms with van der Waals surface area (Å²) in [5.41, 5.74) is 2.80. The maximum Gasteiger partial charge on any atom is 0.133 e. The zero-order valence-electron chi connectivity index (χ0n) is 12.0. The number of likely N-dealkylation sites (N-methyl/N-ethyl adjacent to an activating group) is 1. The third-order valence-electron chi connectivity index (χ3n) is 3.58. The highest BCUT2D eigenvalue weighted by Gasteiger charge is 2.20. The Morgan fingerprint density at radius 1 is 1.00 bits per heavy atom. The molecule has 0 heterocycles. The van der Waals surface area contributed by atoms with E-state index in [-0.39, 0.29) is 11.6 Å². The fraction of sp³-hybridized carbons (Fsp3) is 0.294. The molecule has 0 spiro atoms. The molecule has 20 heavy (non-hydrogen) atoms. The zero-order valence-corrected chi connectivity index (χ0v) is 12.0. The van der Waals surface area contributed by atoms with Crippen LogP contribution >= 0.6 is 0 Å². The van der Waals surface area contributed by atoms with Gasteiger partial charge in [0.2, 0.25) is 0 Å². The van der Waals surface area contributed by atoms with Gasteiger partial charge in [-0.1, -0.05) is 35.9 Å². The lowest BCUT2D eigenvalue weighted by Gasteiger charge is -2.19. The van der Waals surface area contributed by atoms with Crippen molar-refractivity contribution >= 4 is 0 Å². The first-order chi connectivity index (χ1) is 9.52. The SMILES string of the molecule is CNC(Cc1ccc(C)cc1)c1c(F)ccc(C)c1F. The van der Waals surface area contributed by atoms with Gasteiger partial charge in [-0.3, -0.25) is 0 Å². The standard InChI is InChI=1S/C17H19F2N/c1-11-4-7-13(8-5-11)10-15(20-3)16-14(18)9-6-12(2)17(16)19/h4-9,15,20H,10H2,1-3H3. The Morgan fingerprint density at radius 2 is 1.65 bits per heavy atom. The smallest absolute Gasteiger partial charge is 0.133 e. The average Bonchev–Trinajstić information content (AvgIpc) is 2.44. The molecule has 0 bridgehead atoms. The summed E-state index contributed by atoms with van der Waals surface area (Å²) in [6.07, 6.45) is 0.550. The Hall–Kier alpha value is -1.74. The van der Waals surface area contributed by atoms with E-state index in [2.05, 4.69) is 5.32 Å². The third kappa shape index (κ3) is 3.05. The highest BCUT2D eigenvalue weighted by atomic mass is 19.1. The first-order valence-corrected chi connectivity index (χ1v) is 6.70. The number of benzene rings is 2. The van der Waals surface area contributed by atoms with Gasteiger partial charge in [0.05, 0.1) is 0 Å². The molecule has 2 aromatic rings. The average molecular weight is 275 g/mol.